The molecule has 7 heteroatoms. The van der Waals surface area contributed by atoms with Crippen LogP contribution in [0.5, 0.6) is 0 Å². The summed E-state index contributed by atoms with van der Waals surface area (Å²) in [7, 11) is 0. The van der Waals surface area contributed by atoms with Gasteiger partial charge in [-0.2, -0.15) is 0 Å². The van der Waals surface area contributed by atoms with E-state index in [4.69, 9.17) is 5.73 Å². The standard InChI is InChI=1S/C19H26N4O2S/c1-13-22-16-11-15(6-7-17(16)26-13)23-12-14(10-18(23)24)19(25)21-9-5-3-2-4-8-20/h6-7,11,14H,2-5,8-10,12,20H2,1H3,(H,21,25). The monoisotopic (exact) mass is 374 g/mol. The molecule has 1 aliphatic heterocycles. The van der Waals surface area contributed by atoms with Crippen LogP contribution in [-0.4, -0.2) is 36.4 Å². The summed E-state index contributed by atoms with van der Waals surface area (Å²) >= 11 is 1.64. The van der Waals surface area contributed by atoms with Gasteiger partial charge in [0.1, 0.15) is 0 Å². The molecule has 1 aliphatic rings. The highest BCUT2D eigenvalue weighted by atomic mass is 32.1. The molecule has 6 nitrogen and oxygen atoms in total. The van der Waals surface area contributed by atoms with Gasteiger partial charge in [0.25, 0.3) is 0 Å². The van der Waals surface area contributed by atoms with Crippen molar-refractivity contribution >= 4 is 39.1 Å². The normalized spacial score (nSPS) is 17.2. The van der Waals surface area contributed by atoms with Crippen LogP contribution < -0.4 is 16.0 Å². The van der Waals surface area contributed by atoms with Crippen LogP contribution in [0, 0.1) is 12.8 Å². The van der Waals surface area contributed by atoms with E-state index in [2.05, 4.69) is 10.3 Å². The zero-order valence-electron chi connectivity index (χ0n) is 15.2. The van der Waals surface area contributed by atoms with Crippen molar-refractivity contribution in [2.75, 3.05) is 24.5 Å². The molecule has 0 spiro atoms. The molecule has 2 heterocycles. The third kappa shape index (κ3) is 4.40. The minimum atomic E-state index is -0.278. The number of aryl methyl sites for hydroxylation is 1. The second-order valence-corrected chi connectivity index (χ2v) is 8.02. The minimum absolute atomic E-state index is 0.000558. The fraction of sp³-hybridized carbons (Fsp3) is 0.526. The summed E-state index contributed by atoms with van der Waals surface area (Å²) in [5.41, 5.74) is 7.20. The number of unbranched alkanes of at least 4 members (excludes halogenated alkanes) is 3. The van der Waals surface area contributed by atoms with E-state index in [1.165, 1.54) is 0 Å². The van der Waals surface area contributed by atoms with Gasteiger partial charge in [-0.05, 0) is 44.5 Å². The van der Waals surface area contributed by atoms with Gasteiger partial charge in [0.05, 0.1) is 21.1 Å². The molecule has 1 fully saturated rings. The molecule has 1 saturated heterocycles. The number of benzene rings is 1. The lowest BCUT2D eigenvalue weighted by molar-refractivity contribution is -0.126. The Labute approximate surface area is 157 Å². The van der Waals surface area contributed by atoms with Crippen LogP contribution in [0.25, 0.3) is 10.2 Å². The van der Waals surface area contributed by atoms with Crippen molar-refractivity contribution in [3.8, 4) is 0 Å². The highest BCUT2D eigenvalue weighted by Gasteiger charge is 2.35. The number of amides is 2. The van der Waals surface area contributed by atoms with Gasteiger partial charge in [0.2, 0.25) is 11.8 Å². The average molecular weight is 375 g/mol. The van der Waals surface area contributed by atoms with Crippen LogP contribution in [0.2, 0.25) is 0 Å². The number of nitrogens with one attached hydrogen (secondary N) is 1. The first-order valence-electron chi connectivity index (χ1n) is 9.24. The zero-order valence-corrected chi connectivity index (χ0v) is 16.0. The Balaban J connectivity index is 1.54. The number of carbonyl (C=O) groups is 2. The molecular formula is C19H26N4O2S. The van der Waals surface area contributed by atoms with Crippen molar-refractivity contribution in [1.29, 1.82) is 0 Å². The molecule has 0 saturated carbocycles. The molecule has 26 heavy (non-hydrogen) atoms. The van der Waals surface area contributed by atoms with E-state index in [0.29, 0.717) is 13.1 Å². The molecule has 1 aromatic carbocycles. The van der Waals surface area contributed by atoms with E-state index in [1.807, 2.05) is 25.1 Å². The molecule has 0 radical (unpaired) electrons. The van der Waals surface area contributed by atoms with Crippen molar-refractivity contribution in [2.24, 2.45) is 11.7 Å². The van der Waals surface area contributed by atoms with Crippen LogP contribution in [0.15, 0.2) is 18.2 Å². The molecule has 1 aromatic heterocycles. The predicted octanol–water partition coefficient (Wildman–Crippen LogP) is 2.59. The molecule has 0 aliphatic carbocycles. The summed E-state index contributed by atoms with van der Waals surface area (Å²) < 4.78 is 1.11. The SMILES string of the molecule is Cc1nc2cc(N3CC(C(=O)NCCCCCCN)CC3=O)ccc2s1. The molecular weight excluding hydrogens is 348 g/mol. The molecule has 0 bridgehead atoms. The third-order valence-corrected chi connectivity index (χ3v) is 5.67. The van der Waals surface area contributed by atoms with Crippen LogP contribution >= 0.6 is 11.3 Å². The second kappa shape index (κ2) is 8.60. The Morgan fingerprint density at radius 1 is 1.35 bits per heavy atom. The van der Waals surface area contributed by atoms with Crippen molar-refractivity contribution in [1.82, 2.24) is 10.3 Å². The fourth-order valence-electron chi connectivity index (χ4n) is 3.31. The van der Waals surface area contributed by atoms with Gasteiger partial charge in [-0.25, -0.2) is 4.98 Å². The first-order chi connectivity index (χ1) is 12.6. The maximum Gasteiger partial charge on any atom is 0.227 e. The van der Waals surface area contributed by atoms with Crippen LogP contribution in [0.3, 0.4) is 0 Å². The Hall–Kier alpha value is -1.99. The summed E-state index contributed by atoms with van der Waals surface area (Å²) in [4.78, 5) is 30.9. The zero-order chi connectivity index (χ0) is 18.5. The summed E-state index contributed by atoms with van der Waals surface area (Å²) in [6.07, 6.45) is 4.42. The fourth-order valence-corrected chi connectivity index (χ4v) is 4.12. The number of hydrogen-bond donors (Lipinski definition) is 2. The lowest BCUT2D eigenvalue weighted by Gasteiger charge is -2.16. The molecule has 1 unspecified atom stereocenters. The molecule has 2 aromatic rings. The maximum absolute atomic E-state index is 12.4. The van der Waals surface area contributed by atoms with Gasteiger partial charge in [0, 0.05) is 25.2 Å². The Kier molecular flexibility index (Phi) is 6.21. The number of hydrogen-bond acceptors (Lipinski definition) is 5. The largest absolute Gasteiger partial charge is 0.356 e. The van der Waals surface area contributed by atoms with E-state index in [-0.39, 0.29) is 24.2 Å². The summed E-state index contributed by atoms with van der Waals surface area (Å²) in [5, 5.41) is 3.98. The quantitative estimate of drug-likeness (QED) is 0.695. The van der Waals surface area contributed by atoms with Gasteiger partial charge in [-0.1, -0.05) is 12.8 Å². The summed E-state index contributed by atoms with van der Waals surface area (Å²) in [6.45, 7) is 3.80. The van der Waals surface area contributed by atoms with Gasteiger partial charge >= 0.3 is 0 Å². The number of thiazole rings is 1. The van der Waals surface area contributed by atoms with Crippen molar-refractivity contribution in [2.45, 2.75) is 39.0 Å². The first-order valence-corrected chi connectivity index (χ1v) is 10.1. The number of fused-ring (bicyclic) bond motifs is 1. The maximum atomic E-state index is 12.4. The van der Waals surface area contributed by atoms with Gasteiger partial charge in [-0.3, -0.25) is 9.59 Å². The number of carbonyl (C=O) groups excluding carboxylic acids is 2. The van der Waals surface area contributed by atoms with Crippen molar-refractivity contribution < 1.29 is 9.59 Å². The Bertz CT molecular complexity index is 789. The number of anilines is 1. The van der Waals surface area contributed by atoms with Crippen LogP contribution in [0.4, 0.5) is 5.69 Å². The van der Waals surface area contributed by atoms with Gasteiger partial charge in [-0.15, -0.1) is 11.3 Å². The molecule has 140 valence electrons. The van der Waals surface area contributed by atoms with E-state index in [9.17, 15) is 9.59 Å². The molecule has 2 amide bonds. The van der Waals surface area contributed by atoms with E-state index in [1.54, 1.807) is 16.2 Å². The topological polar surface area (TPSA) is 88.3 Å². The lowest BCUT2D eigenvalue weighted by atomic mass is 10.1. The highest BCUT2D eigenvalue weighted by molar-refractivity contribution is 7.18. The van der Waals surface area contributed by atoms with Crippen molar-refractivity contribution in [3.63, 3.8) is 0 Å². The van der Waals surface area contributed by atoms with Crippen molar-refractivity contribution in [3.05, 3.63) is 23.2 Å². The third-order valence-electron chi connectivity index (χ3n) is 4.72. The molecule has 1 atom stereocenters. The van der Waals surface area contributed by atoms with Crippen LogP contribution in [-0.2, 0) is 9.59 Å². The number of nitrogens with two attached hydrogens (primary N) is 1. The predicted molar refractivity (Wildman–Crippen MR) is 105 cm³/mol. The Morgan fingerprint density at radius 2 is 2.15 bits per heavy atom. The number of rotatable bonds is 8. The summed E-state index contributed by atoms with van der Waals surface area (Å²) in [6, 6.07) is 5.88. The Morgan fingerprint density at radius 3 is 2.96 bits per heavy atom. The molecule has 3 rings (SSSR count). The van der Waals surface area contributed by atoms with Gasteiger partial charge in [0.15, 0.2) is 0 Å². The van der Waals surface area contributed by atoms with E-state index < -0.39 is 0 Å². The first kappa shape index (κ1) is 18.8. The van der Waals surface area contributed by atoms with E-state index in [0.717, 1.165) is 53.1 Å². The number of aromatic nitrogens is 1. The lowest BCUT2D eigenvalue weighted by Crippen LogP contribution is -2.33. The number of nitrogens with zero attached hydrogens (tertiary/aromatic N) is 2. The molecule has 3 N–H and O–H groups in total. The average Bonchev–Trinajstić information content (AvgIpc) is 3.18. The minimum Gasteiger partial charge on any atom is -0.356 e. The van der Waals surface area contributed by atoms with E-state index >= 15 is 0 Å². The smallest absolute Gasteiger partial charge is 0.227 e. The van der Waals surface area contributed by atoms with Crippen LogP contribution in [0.1, 0.15) is 37.1 Å². The highest BCUT2D eigenvalue weighted by Crippen LogP contribution is 2.30. The summed E-state index contributed by atoms with van der Waals surface area (Å²) in [5.74, 6) is -0.302. The second-order valence-electron chi connectivity index (χ2n) is 6.78. The van der Waals surface area contributed by atoms with Gasteiger partial charge < -0.3 is 16.0 Å².